The Morgan fingerprint density at radius 1 is 0.892 bits per heavy atom. The number of nitrogens with zero attached hydrogens (tertiary/aromatic N) is 2. The first-order valence-electron chi connectivity index (χ1n) is 11.7. The Bertz CT molecular complexity index is 1320. The van der Waals surface area contributed by atoms with E-state index in [-0.39, 0.29) is 29.6 Å². The van der Waals surface area contributed by atoms with Gasteiger partial charge in [-0.15, -0.1) is 0 Å². The standard InChI is InChI=1S/C27H29Cl2N3O4S/c1-3-30-27(34)25(17-20-9-5-4-6-10-20)31(18-21-13-15-22(28)16-14-21)26(33)19-32(37(2,35)36)24-12-8-7-11-23(24)29/h4-16,25H,3,17-19H2,1-2H3,(H,30,34)/t25-/m0/s1. The van der Waals surface area contributed by atoms with E-state index in [9.17, 15) is 18.0 Å². The van der Waals surface area contributed by atoms with Crippen LogP contribution in [0.15, 0.2) is 78.9 Å². The lowest BCUT2D eigenvalue weighted by atomic mass is 10.0. The molecule has 0 saturated heterocycles. The average molecular weight is 563 g/mol. The van der Waals surface area contributed by atoms with Crippen LogP contribution in [0.2, 0.25) is 10.0 Å². The van der Waals surface area contributed by atoms with Crippen molar-refractivity contribution in [3.63, 3.8) is 0 Å². The van der Waals surface area contributed by atoms with Gasteiger partial charge in [-0.25, -0.2) is 8.42 Å². The molecule has 0 spiro atoms. The van der Waals surface area contributed by atoms with Crippen molar-refractivity contribution in [3.05, 3.63) is 100 Å². The Morgan fingerprint density at radius 2 is 1.51 bits per heavy atom. The van der Waals surface area contributed by atoms with E-state index in [1.54, 1.807) is 49.4 Å². The Labute approximate surface area is 228 Å². The summed E-state index contributed by atoms with van der Waals surface area (Å²) in [5.74, 6) is -0.884. The number of nitrogens with one attached hydrogen (secondary N) is 1. The van der Waals surface area contributed by atoms with Crippen LogP contribution >= 0.6 is 23.2 Å². The van der Waals surface area contributed by atoms with Crippen molar-refractivity contribution in [2.45, 2.75) is 25.9 Å². The van der Waals surface area contributed by atoms with Crippen LogP contribution in [0.1, 0.15) is 18.1 Å². The summed E-state index contributed by atoms with van der Waals surface area (Å²) >= 11 is 12.3. The fourth-order valence-corrected chi connectivity index (χ4v) is 5.16. The Balaban J connectivity index is 2.04. The van der Waals surface area contributed by atoms with Gasteiger partial charge in [0.05, 0.1) is 17.0 Å². The minimum absolute atomic E-state index is 0.0742. The van der Waals surface area contributed by atoms with E-state index >= 15 is 0 Å². The van der Waals surface area contributed by atoms with Crippen LogP contribution in [0.4, 0.5) is 5.69 Å². The molecule has 0 aliphatic carbocycles. The number of carbonyl (C=O) groups excluding carboxylic acids is 2. The van der Waals surface area contributed by atoms with Crippen LogP contribution in [0, 0.1) is 0 Å². The third kappa shape index (κ3) is 7.95. The van der Waals surface area contributed by atoms with Gasteiger partial charge in [-0.2, -0.15) is 0 Å². The number of rotatable bonds is 11. The highest BCUT2D eigenvalue weighted by atomic mass is 35.5. The second-order valence-corrected chi connectivity index (χ2v) is 11.2. The summed E-state index contributed by atoms with van der Waals surface area (Å²) in [5.41, 5.74) is 1.78. The van der Waals surface area contributed by atoms with Crippen LogP contribution in [0.25, 0.3) is 0 Å². The van der Waals surface area contributed by atoms with Crippen molar-refractivity contribution in [1.82, 2.24) is 10.2 Å². The molecule has 0 radical (unpaired) electrons. The molecule has 0 aromatic heterocycles. The van der Waals surface area contributed by atoms with E-state index in [1.165, 1.54) is 11.0 Å². The SMILES string of the molecule is CCNC(=O)[C@H](Cc1ccccc1)N(Cc1ccc(Cl)cc1)C(=O)CN(c1ccccc1Cl)S(C)(=O)=O. The van der Waals surface area contributed by atoms with Gasteiger partial charge in [0.2, 0.25) is 21.8 Å². The number of halogens is 2. The van der Waals surface area contributed by atoms with Crippen molar-refractivity contribution in [2.75, 3.05) is 23.7 Å². The maximum Gasteiger partial charge on any atom is 0.244 e. The van der Waals surface area contributed by atoms with Crippen LogP contribution in [-0.4, -0.2) is 50.5 Å². The van der Waals surface area contributed by atoms with E-state index in [2.05, 4.69) is 5.32 Å². The molecule has 196 valence electrons. The molecule has 3 rings (SSSR count). The first-order chi connectivity index (χ1) is 17.6. The Kier molecular flexibility index (Phi) is 9.97. The van der Waals surface area contributed by atoms with Crippen molar-refractivity contribution in [3.8, 4) is 0 Å². The quantitative estimate of drug-likeness (QED) is 0.372. The Morgan fingerprint density at radius 3 is 2.11 bits per heavy atom. The minimum Gasteiger partial charge on any atom is -0.355 e. The highest BCUT2D eigenvalue weighted by Crippen LogP contribution is 2.27. The molecule has 0 unspecified atom stereocenters. The predicted molar refractivity (Wildman–Crippen MR) is 148 cm³/mol. The van der Waals surface area contributed by atoms with Gasteiger partial charge < -0.3 is 10.2 Å². The second kappa shape index (κ2) is 12.9. The van der Waals surface area contributed by atoms with Gasteiger partial charge in [0.25, 0.3) is 0 Å². The van der Waals surface area contributed by atoms with Crippen molar-refractivity contribution >= 4 is 50.7 Å². The molecule has 0 heterocycles. The molecule has 0 fully saturated rings. The summed E-state index contributed by atoms with van der Waals surface area (Å²) in [6, 6.07) is 21.8. The highest BCUT2D eigenvalue weighted by molar-refractivity contribution is 7.92. The number of anilines is 1. The molecule has 0 aliphatic rings. The topological polar surface area (TPSA) is 86.8 Å². The monoisotopic (exact) mass is 561 g/mol. The number of carbonyl (C=O) groups is 2. The second-order valence-electron chi connectivity index (χ2n) is 8.47. The van der Waals surface area contributed by atoms with Crippen LogP contribution in [0.5, 0.6) is 0 Å². The smallest absolute Gasteiger partial charge is 0.244 e. The molecule has 3 aromatic carbocycles. The lowest BCUT2D eigenvalue weighted by Gasteiger charge is -2.33. The van der Waals surface area contributed by atoms with E-state index in [0.717, 1.165) is 21.7 Å². The number of benzene rings is 3. The zero-order chi connectivity index (χ0) is 27.0. The summed E-state index contributed by atoms with van der Waals surface area (Å²) in [5, 5.41) is 3.54. The fourth-order valence-electron chi connectivity index (χ4n) is 3.88. The van der Waals surface area contributed by atoms with Crippen LogP contribution in [-0.2, 0) is 32.6 Å². The van der Waals surface area contributed by atoms with Crippen molar-refractivity contribution in [1.29, 1.82) is 0 Å². The first-order valence-corrected chi connectivity index (χ1v) is 14.3. The molecular weight excluding hydrogens is 533 g/mol. The van der Waals surface area contributed by atoms with E-state index in [1.807, 2.05) is 30.3 Å². The number of hydrogen-bond acceptors (Lipinski definition) is 4. The fraction of sp³-hybridized carbons (Fsp3) is 0.259. The van der Waals surface area contributed by atoms with Gasteiger partial charge in [0, 0.05) is 24.5 Å². The van der Waals surface area contributed by atoms with E-state index in [4.69, 9.17) is 23.2 Å². The third-order valence-electron chi connectivity index (χ3n) is 5.69. The maximum absolute atomic E-state index is 13.9. The molecule has 7 nitrogen and oxygen atoms in total. The van der Waals surface area contributed by atoms with Crippen molar-refractivity contribution < 1.29 is 18.0 Å². The van der Waals surface area contributed by atoms with Gasteiger partial charge >= 0.3 is 0 Å². The lowest BCUT2D eigenvalue weighted by Crippen LogP contribution is -2.53. The van der Waals surface area contributed by atoms with E-state index in [0.29, 0.717) is 11.6 Å². The minimum atomic E-state index is -3.88. The van der Waals surface area contributed by atoms with Gasteiger partial charge in [-0.3, -0.25) is 13.9 Å². The lowest BCUT2D eigenvalue weighted by molar-refractivity contribution is -0.140. The molecule has 3 aromatic rings. The van der Waals surface area contributed by atoms with Crippen LogP contribution < -0.4 is 9.62 Å². The highest BCUT2D eigenvalue weighted by Gasteiger charge is 2.33. The number of para-hydroxylation sites is 1. The molecular formula is C27H29Cl2N3O4S. The average Bonchev–Trinajstić information content (AvgIpc) is 2.86. The Hall–Kier alpha value is -3.07. The number of amides is 2. The van der Waals surface area contributed by atoms with Crippen LogP contribution in [0.3, 0.4) is 0 Å². The first kappa shape index (κ1) is 28.5. The van der Waals surface area contributed by atoms with E-state index < -0.39 is 28.5 Å². The number of likely N-dealkylation sites (N-methyl/N-ethyl adjacent to an activating group) is 1. The molecule has 1 atom stereocenters. The molecule has 0 bridgehead atoms. The van der Waals surface area contributed by atoms with Gasteiger partial charge in [-0.1, -0.05) is 77.8 Å². The van der Waals surface area contributed by atoms with Crippen molar-refractivity contribution in [2.24, 2.45) is 0 Å². The maximum atomic E-state index is 13.9. The molecule has 37 heavy (non-hydrogen) atoms. The summed E-state index contributed by atoms with van der Waals surface area (Å²) in [7, 11) is -3.88. The summed E-state index contributed by atoms with van der Waals surface area (Å²) in [4.78, 5) is 28.5. The summed E-state index contributed by atoms with van der Waals surface area (Å²) in [6.07, 6.45) is 1.26. The van der Waals surface area contributed by atoms with Gasteiger partial charge in [-0.05, 0) is 42.3 Å². The summed E-state index contributed by atoms with van der Waals surface area (Å²) < 4.78 is 26.4. The number of hydrogen-bond donors (Lipinski definition) is 1. The van der Waals surface area contributed by atoms with Gasteiger partial charge in [0.1, 0.15) is 12.6 Å². The predicted octanol–water partition coefficient (Wildman–Crippen LogP) is 4.54. The normalized spacial score (nSPS) is 12.0. The molecule has 1 N–H and O–H groups in total. The summed E-state index contributed by atoms with van der Waals surface area (Å²) in [6.45, 7) is 1.72. The molecule has 2 amide bonds. The number of sulfonamides is 1. The zero-order valence-corrected chi connectivity index (χ0v) is 22.9. The van der Waals surface area contributed by atoms with Gasteiger partial charge in [0.15, 0.2) is 0 Å². The zero-order valence-electron chi connectivity index (χ0n) is 20.6. The molecule has 10 heteroatoms. The third-order valence-corrected chi connectivity index (χ3v) is 7.39. The molecule has 0 saturated carbocycles. The largest absolute Gasteiger partial charge is 0.355 e. The molecule has 0 aliphatic heterocycles.